The monoisotopic (exact) mass is 285 g/mol. The number of aliphatic carboxylic acids is 1. The number of nitrogens with zero attached hydrogens (tertiary/aromatic N) is 1. The SMILES string of the molecule is CC(C)(C)C(CC(=O)O)NC(=O)CN1C(=O)CNC1=O. The summed E-state index contributed by atoms with van der Waals surface area (Å²) in [4.78, 5) is 46.1. The zero-order chi connectivity index (χ0) is 15.5. The van der Waals surface area contributed by atoms with E-state index in [1.807, 2.05) is 0 Å². The van der Waals surface area contributed by atoms with Gasteiger partial charge in [-0.3, -0.25) is 19.3 Å². The van der Waals surface area contributed by atoms with Crippen LogP contribution >= 0.6 is 0 Å². The van der Waals surface area contributed by atoms with Crippen LogP contribution in [0.4, 0.5) is 4.79 Å². The van der Waals surface area contributed by atoms with E-state index in [1.54, 1.807) is 20.8 Å². The molecule has 0 aliphatic carbocycles. The second-order valence-electron chi connectivity index (χ2n) is 5.72. The summed E-state index contributed by atoms with van der Waals surface area (Å²) in [5, 5.41) is 13.7. The van der Waals surface area contributed by atoms with Crippen LogP contribution in [-0.4, -0.2) is 53.0 Å². The lowest BCUT2D eigenvalue weighted by Gasteiger charge is -2.30. The number of carboxylic acids is 1. The van der Waals surface area contributed by atoms with E-state index in [1.165, 1.54) is 0 Å². The number of hydrogen-bond donors (Lipinski definition) is 3. The Balaban J connectivity index is 2.64. The highest BCUT2D eigenvalue weighted by molar-refractivity contribution is 6.04. The summed E-state index contributed by atoms with van der Waals surface area (Å²) in [7, 11) is 0. The van der Waals surface area contributed by atoms with Crippen molar-refractivity contribution in [3.8, 4) is 0 Å². The molecule has 4 amide bonds. The third-order valence-electron chi connectivity index (χ3n) is 3.00. The molecule has 0 aromatic rings. The average Bonchev–Trinajstić information content (AvgIpc) is 2.58. The van der Waals surface area contributed by atoms with Crippen LogP contribution in [0.25, 0.3) is 0 Å². The topological polar surface area (TPSA) is 116 Å². The van der Waals surface area contributed by atoms with Gasteiger partial charge in [-0.1, -0.05) is 20.8 Å². The molecule has 0 aromatic heterocycles. The highest BCUT2D eigenvalue weighted by Crippen LogP contribution is 2.21. The predicted octanol–water partition coefficient (Wildman–Crippen LogP) is -0.456. The van der Waals surface area contributed by atoms with Crippen LogP contribution in [0.15, 0.2) is 0 Å². The normalized spacial score (nSPS) is 16.9. The van der Waals surface area contributed by atoms with Gasteiger partial charge in [-0.15, -0.1) is 0 Å². The minimum absolute atomic E-state index is 0.121. The van der Waals surface area contributed by atoms with Crippen molar-refractivity contribution in [2.75, 3.05) is 13.1 Å². The molecule has 1 fully saturated rings. The van der Waals surface area contributed by atoms with Crippen molar-refractivity contribution in [3.63, 3.8) is 0 Å². The molecule has 112 valence electrons. The van der Waals surface area contributed by atoms with Crippen LogP contribution in [0.1, 0.15) is 27.2 Å². The third-order valence-corrected chi connectivity index (χ3v) is 3.00. The van der Waals surface area contributed by atoms with E-state index in [4.69, 9.17) is 5.11 Å². The second-order valence-corrected chi connectivity index (χ2v) is 5.72. The molecule has 8 heteroatoms. The van der Waals surface area contributed by atoms with Gasteiger partial charge in [0.2, 0.25) is 5.91 Å². The Labute approximate surface area is 116 Å². The number of carbonyl (C=O) groups excluding carboxylic acids is 3. The maximum atomic E-state index is 11.9. The summed E-state index contributed by atoms with van der Waals surface area (Å²) in [6.07, 6.45) is -0.227. The van der Waals surface area contributed by atoms with Gasteiger partial charge in [-0.2, -0.15) is 0 Å². The number of imide groups is 1. The van der Waals surface area contributed by atoms with Crippen LogP contribution in [0, 0.1) is 5.41 Å². The van der Waals surface area contributed by atoms with E-state index in [9.17, 15) is 19.2 Å². The first kappa shape index (κ1) is 15.9. The zero-order valence-electron chi connectivity index (χ0n) is 11.7. The van der Waals surface area contributed by atoms with Crippen LogP contribution in [0.5, 0.6) is 0 Å². The van der Waals surface area contributed by atoms with Crippen LogP contribution in [0.2, 0.25) is 0 Å². The first-order chi connectivity index (χ1) is 9.11. The molecule has 0 radical (unpaired) electrons. The van der Waals surface area contributed by atoms with Crippen molar-refractivity contribution in [3.05, 3.63) is 0 Å². The summed E-state index contributed by atoms with van der Waals surface area (Å²) < 4.78 is 0. The Morgan fingerprint density at radius 3 is 2.40 bits per heavy atom. The molecule has 1 rings (SSSR count). The lowest BCUT2D eigenvalue weighted by Crippen LogP contribution is -2.49. The van der Waals surface area contributed by atoms with Gasteiger partial charge in [0.25, 0.3) is 5.91 Å². The van der Waals surface area contributed by atoms with Crippen LogP contribution < -0.4 is 10.6 Å². The minimum Gasteiger partial charge on any atom is -0.481 e. The summed E-state index contributed by atoms with van der Waals surface area (Å²) in [5.74, 6) is -2.06. The smallest absolute Gasteiger partial charge is 0.325 e. The molecule has 1 aliphatic heterocycles. The summed E-state index contributed by atoms with van der Waals surface area (Å²) >= 11 is 0. The van der Waals surface area contributed by atoms with Gasteiger partial charge in [-0.25, -0.2) is 4.79 Å². The van der Waals surface area contributed by atoms with Crippen LogP contribution in [0.3, 0.4) is 0 Å². The maximum Gasteiger partial charge on any atom is 0.325 e. The molecule has 1 aliphatic rings. The first-order valence-corrected chi connectivity index (χ1v) is 6.20. The Bertz CT molecular complexity index is 425. The molecule has 1 unspecified atom stereocenters. The lowest BCUT2D eigenvalue weighted by atomic mass is 9.84. The predicted molar refractivity (Wildman–Crippen MR) is 68.8 cm³/mol. The van der Waals surface area contributed by atoms with Gasteiger partial charge in [0, 0.05) is 6.04 Å². The van der Waals surface area contributed by atoms with Gasteiger partial charge in [0.05, 0.1) is 13.0 Å². The lowest BCUT2D eigenvalue weighted by molar-refractivity contribution is -0.139. The molecular formula is C12H19N3O5. The second kappa shape index (κ2) is 5.89. The van der Waals surface area contributed by atoms with Crippen molar-refractivity contribution in [1.82, 2.24) is 15.5 Å². The fourth-order valence-corrected chi connectivity index (χ4v) is 1.75. The summed E-state index contributed by atoms with van der Waals surface area (Å²) in [5.41, 5.74) is -0.453. The first-order valence-electron chi connectivity index (χ1n) is 6.20. The Morgan fingerprint density at radius 1 is 1.40 bits per heavy atom. The van der Waals surface area contributed by atoms with Crippen molar-refractivity contribution in [1.29, 1.82) is 0 Å². The summed E-state index contributed by atoms with van der Waals surface area (Å²) in [6.45, 7) is 4.87. The largest absolute Gasteiger partial charge is 0.481 e. The van der Waals surface area contributed by atoms with E-state index < -0.39 is 41.8 Å². The number of nitrogens with one attached hydrogen (secondary N) is 2. The fourth-order valence-electron chi connectivity index (χ4n) is 1.75. The number of hydrogen-bond acceptors (Lipinski definition) is 4. The highest BCUT2D eigenvalue weighted by Gasteiger charge is 2.33. The maximum absolute atomic E-state index is 11.9. The standard InChI is InChI=1S/C12H19N3O5/c1-12(2,3)7(4-10(18)19)14-8(16)6-15-9(17)5-13-11(15)20/h7H,4-6H2,1-3H3,(H,13,20)(H,14,16)(H,18,19). The molecule has 0 saturated carbocycles. The Hall–Kier alpha value is -2.12. The molecule has 0 bridgehead atoms. The summed E-state index contributed by atoms with van der Waals surface area (Å²) in [6, 6.07) is -1.20. The molecule has 20 heavy (non-hydrogen) atoms. The Kier molecular flexibility index (Phi) is 4.69. The molecule has 0 spiro atoms. The molecule has 1 heterocycles. The molecule has 1 atom stereocenters. The van der Waals surface area contributed by atoms with Gasteiger partial charge in [0.1, 0.15) is 6.54 Å². The number of carboxylic acid groups (broad SMARTS) is 1. The van der Waals surface area contributed by atoms with Gasteiger partial charge in [0.15, 0.2) is 0 Å². The highest BCUT2D eigenvalue weighted by atomic mass is 16.4. The van der Waals surface area contributed by atoms with Crippen molar-refractivity contribution in [2.24, 2.45) is 5.41 Å². The number of urea groups is 1. The van der Waals surface area contributed by atoms with E-state index in [0.29, 0.717) is 0 Å². The Morgan fingerprint density at radius 2 is 2.00 bits per heavy atom. The minimum atomic E-state index is -1.03. The van der Waals surface area contributed by atoms with Gasteiger partial charge >= 0.3 is 12.0 Å². The quantitative estimate of drug-likeness (QED) is 0.591. The number of rotatable bonds is 5. The zero-order valence-corrected chi connectivity index (χ0v) is 11.7. The number of amides is 4. The van der Waals surface area contributed by atoms with E-state index in [2.05, 4.69) is 10.6 Å². The molecule has 0 aromatic carbocycles. The van der Waals surface area contributed by atoms with Gasteiger partial charge in [-0.05, 0) is 5.41 Å². The van der Waals surface area contributed by atoms with Crippen molar-refractivity contribution < 1.29 is 24.3 Å². The van der Waals surface area contributed by atoms with E-state index >= 15 is 0 Å². The molecule has 1 saturated heterocycles. The molecule has 8 nitrogen and oxygen atoms in total. The third kappa shape index (κ3) is 4.22. The number of carbonyl (C=O) groups is 4. The van der Waals surface area contributed by atoms with Crippen molar-refractivity contribution >= 4 is 23.8 Å². The van der Waals surface area contributed by atoms with Crippen molar-refractivity contribution in [2.45, 2.75) is 33.2 Å². The fraction of sp³-hybridized carbons (Fsp3) is 0.667. The van der Waals surface area contributed by atoms with Crippen LogP contribution in [-0.2, 0) is 14.4 Å². The van der Waals surface area contributed by atoms with E-state index in [0.717, 1.165) is 4.90 Å². The molecular weight excluding hydrogens is 266 g/mol. The molecule has 3 N–H and O–H groups in total. The van der Waals surface area contributed by atoms with E-state index in [-0.39, 0.29) is 13.0 Å². The average molecular weight is 285 g/mol. The van der Waals surface area contributed by atoms with Gasteiger partial charge < -0.3 is 15.7 Å².